The molecule has 1 aliphatic rings. The Balaban J connectivity index is 2.28. The van der Waals surface area contributed by atoms with Crippen molar-refractivity contribution < 1.29 is 4.79 Å². The van der Waals surface area contributed by atoms with E-state index in [0.29, 0.717) is 6.54 Å². The summed E-state index contributed by atoms with van der Waals surface area (Å²) in [4.78, 5) is 14.7. The van der Waals surface area contributed by atoms with Crippen LogP contribution in [0.15, 0.2) is 18.2 Å². The Morgan fingerprint density at radius 1 is 1.40 bits per heavy atom. The highest BCUT2D eigenvalue weighted by Gasteiger charge is 2.33. The van der Waals surface area contributed by atoms with Crippen molar-refractivity contribution in [2.45, 2.75) is 52.5 Å². The van der Waals surface area contributed by atoms with Crippen LogP contribution >= 0.6 is 0 Å². The number of rotatable bonds is 5. The average Bonchev–Trinajstić information content (AvgIpc) is 2.75. The lowest BCUT2D eigenvalue weighted by Crippen LogP contribution is -2.39. The molecule has 1 heterocycles. The molecule has 1 aromatic carbocycles. The zero-order valence-corrected chi connectivity index (χ0v) is 12.9. The molecule has 0 saturated carbocycles. The molecule has 3 nitrogen and oxygen atoms in total. The van der Waals surface area contributed by atoms with Crippen LogP contribution in [0.3, 0.4) is 0 Å². The molecule has 1 amide bonds. The molecule has 1 atom stereocenters. The molecular formula is C17H26N2O. The number of nitrogens with zero attached hydrogens (tertiary/aromatic N) is 1. The van der Waals surface area contributed by atoms with Gasteiger partial charge >= 0.3 is 0 Å². The maximum absolute atomic E-state index is 12.7. The molecule has 0 bridgehead atoms. The van der Waals surface area contributed by atoms with Gasteiger partial charge in [-0.1, -0.05) is 26.0 Å². The average molecular weight is 274 g/mol. The molecular weight excluding hydrogens is 248 g/mol. The molecule has 3 heteroatoms. The first kappa shape index (κ1) is 15.0. The second kappa shape index (κ2) is 6.40. The molecule has 0 aliphatic carbocycles. The van der Waals surface area contributed by atoms with Crippen LogP contribution in [0.25, 0.3) is 0 Å². The van der Waals surface area contributed by atoms with Crippen molar-refractivity contribution in [1.29, 1.82) is 0 Å². The number of carbonyl (C=O) groups is 1. The monoisotopic (exact) mass is 274 g/mol. The molecule has 110 valence electrons. The van der Waals surface area contributed by atoms with Crippen LogP contribution in [0, 0.1) is 5.92 Å². The lowest BCUT2D eigenvalue weighted by atomic mass is 10.0. The van der Waals surface area contributed by atoms with E-state index in [9.17, 15) is 4.79 Å². The van der Waals surface area contributed by atoms with Gasteiger partial charge in [-0.15, -0.1) is 0 Å². The molecule has 2 N–H and O–H groups in total. The highest BCUT2D eigenvalue weighted by Crippen LogP contribution is 2.34. The number of anilines is 1. The predicted octanol–water partition coefficient (Wildman–Crippen LogP) is 2.90. The maximum atomic E-state index is 12.7. The van der Waals surface area contributed by atoms with Gasteiger partial charge in [0.2, 0.25) is 5.91 Å². The van der Waals surface area contributed by atoms with Crippen molar-refractivity contribution >= 4 is 11.6 Å². The predicted molar refractivity (Wildman–Crippen MR) is 83.9 cm³/mol. The lowest BCUT2D eigenvalue weighted by molar-refractivity contribution is -0.122. The number of fused-ring (bicyclic) bond motifs is 1. The van der Waals surface area contributed by atoms with E-state index in [1.165, 1.54) is 11.1 Å². The fourth-order valence-electron chi connectivity index (χ4n) is 3.18. The van der Waals surface area contributed by atoms with Crippen LogP contribution in [0.1, 0.15) is 44.7 Å². The first-order valence-corrected chi connectivity index (χ1v) is 7.77. The van der Waals surface area contributed by atoms with Crippen molar-refractivity contribution in [1.82, 2.24) is 0 Å². The van der Waals surface area contributed by atoms with Crippen molar-refractivity contribution in [2.75, 3.05) is 11.4 Å². The first-order chi connectivity index (χ1) is 9.62. The Kier molecular flexibility index (Phi) is 4.81. The molecule has 2 rings (SSSR count). The Bertz CT molecular complexity index is 480. The van der Waals surface area contributed by atoms with Crippen LogP contribution in [0.4, 0.5) is 5.69 Å². The normalized spacial score (nSPS) is 17.6. The minimum absolute atomic E-state index is 0.145. The lowest BCUT2D eigenvalue weighted by Gasteiger charge is -2.26. The number of amides is 1. The number of benzene rings is 1. The highest BCUT2D eigenvalue weighted by atomic mass is 16.2. The summed E-state index contributed by atoms with van der Waals surface area (Å²) in [7, 11) is 0. The van der Waals surface area contributed by atoms with Gasteiger partial charge in [0.15, 0.2) is 0 Å². The third-order valence-corrected chi connectivity index (χ3v) is 4.36. The molecule has 0 aromatic heterocycles. The van der Waals surface area contributed by atoms with E-state index in [0.717, 1.165) is 31.4 Å². The standard InChI is InChI=1S/C17H26N2O/c1-4-14(5-2)17(20)19-12(3)10-15-11-13(8-9-18)6-7-16(15)19/h6-7,11-12,14H,4-5,8-10,18H2,1-3H3. The van der Waals surface area contributed by atoms with E-state index in [-0.39, 0.29) is 17.9 Å². The molecule has 0 saturated heterocycles. The van der Waals surface area contributed by atoms with E-state index in [4.69, 9.17) is 5.73 Å². The van der Waals surface area contributed by atoms with Crippen LogP contribution < -0.4 is 10.6 Å². The van der Waals surface area contributed by atoms with Gasteiger partial charge in [0.05, 0.1) is 0 Å². The van der Waals surface area contributed by atoms with Crippen molar-refractivity contribution in [2.24, 2.45) is 11.7 Å². The molecule has 1 aliphatic heterocycles. The first-order valence-electron chi connectivity index (χ1n) is 7.77. The second-order valence-electron chi connectivity index (χ2n) is 5.78. The number of hydrogen-bond acceptors (Lipinski definition) is 2. The zero-order valence-electron chi connectivity index (χ0n) is 12.9. The van der Waals surface area contributed by atoms with Gasteiger partial charge in [0.1, 0.15) is 0 Å². The Labute approximate surface area is 122 Å². The number of nitrogens with two attached hydrogens (primary N) is 1. The van der Waals surface area contributed by atoms with Crippen molar-refractivity contribution in [3.05, 3.63) is 29.3 Å². The molecule has 0 fully saturated rings. The third-order valence-electron chi connectivity index (χ3n) is 4.36. The van der Waals surface area contributed by atoms with Crippen molar-refractivity contribution in [3.8, 4) is 0 Å². The smallest absolute Gasteiger partial charge is 0.230 e. The minimum atomic E-state index is 0.145. The van der Waals surface area contributed by atoms with E-state index >= 15 is 0 Å². The summed E-state index contributed by atoms with van der Waals surface area (Å²) in [5, 5.41) is 0. The summed E-state index contributed by atoms with van der Waals surface area (Å²) in [5.41, 5.74) is 9.29. The molecule has 0 spiro atoms. The summed E-state index contributed by atoms with van der Waals surface area (Å²) in [6.45, 7) is 7.00. The topological polar surface area (TPSA) is 46.3 Å². The molecule has 0 radical (unpaired) electrons. The largest absolute Gasteiger partial charge is 0.330 e. The van der Waals surface area contributed by atoms with Gasteiger partial charge in [-0.25, -0.2) is 0 Å². The summed E-state index contributed by atoms with van der Waals surface area (Å²) in [6.07, 6.45) is 3.69. The van der Waals surface area contributed by atoms with E-state index in [1.54, 1.807) is 0 Å². The highest BCUT2D eigenvalue weighted by molar-refractivity contribution is 5.97. The quantitative estimate of drug-likeness (QED) is 0.897. The summed E-state index contributed by atoms with van der Waals surface area (Å²) in [6, 6.07) is 6.70. The summed E-state index contributed by atoms with van der Waals surface area (Å²) < 4.78 is 0. The maximum Gasteiger partial charge on any atom is 0.230 e. The Morgan fingerprint density at radius 2 is 2.10 bits per heavy atom. The van der Waals surface area contributed by atoms with Gasteiger partial charge in [-0.05, 0) is 56.3 Å². The Hall–Kier alpha value is -1.35. The third kappa shape index (κ3) is 2.73. The van der Waals surface area contributed by atoms with Gasteiger partial charge in [0, 0.05) is 17.6 Å². The van der Waals surface area contributed by atoms with Crippen LogP contribution in [-0.2, 0) is 17.6 Å². The van der Waals surface area contributed by atoms with Gasteiger partial charge in [0.25, 0.3) is 0 Å². The van der Waals surface area contributed by atoms with E-state index < -0.39 is 0 Å². The van der Waals surface area contributed by atoms with Crippen LogP contribution in [0.5, 0.6) is 0 Å². The minimum Gasteiger partial charge on any atom is -0.330 e. The van der Waals surface area contributed by atoms with E-state index in [1.807, 2.05) is 4.90 Å². The number of hydrogen-bond donors (Lipinski definition) is 1. The summed E-state index contributed by atoms with van der Waals surface area (Å²) in [5.74, 6) is 0.431. The fraction of sp³-hybridized carbons (Fsp3) is 0.588. The van der Waals surface area contributed by atoms with E-state index in [2.05, 4.69) is 39.0 Å². The van der Waals surface area contributed by atoms with Gasteiger partial charge < -0.3 is 10.6 Å². The van der Waals surface area contributed by atoms with Crippen molar-refractivity contribution in [3.63, 3.8) is 0 Å². The SMILES string of the molecule is CCC(CC)C(=O)N1c2ccc(CCN)cc2CC1C. The molecule has 1 unspecified atom stereocenters. The number of carbonyl (C=O) groups excluding carboxylic acids is 1. The summed E-state index contributed by atoms with van der Waals surface area (Å²) >= 11 is 0. The molecule has 20 heavy (non-hydrogen) atoms. The van der Waals surface area contributed by atoms with Crippen LogP contribution in [0.2, 0.25) is 0 Å². The van der Waals surface area contributed by atoms with Gasteiger partial charge in [-0.3, -0.25) is 4.79 Å². The molecule has 1 aromatic rings. The van der Waals surface area contributed by atoms with Crippen LogP contribution in [-0.4, -0.2) is 18.5 Å². The zero-order chi connectivity index (χ0) is 14.7. The Morgan fingerprint density at radius 3 is 2.70 bits per heavy atom. The second-order valence-corrected chi connectivity index (χ2v) is 5.78. The van der Waals surface area contributed by atoms with Gasteiger partial charge in [-0.2, -0.15) is 0 Å². The fourth-order valence-corrected chi connectivity index (χ4v) is 3.18.